The molecule has 0 N–H and O–H groups in total. The smallest absolute Gasteiger partial charge is 0.142 e. The molecule has 0 radical (unpaired) electrons. The molecule has 0 spiro atoms. The number of hydrogen-bond acceptors (Lipinski definition) is 3. The highest BCUT2D eigenvalue weighted by Crippen LogP contribution is 2.02. The Morgan fingerprint density at radius 3 is 0.852 bits per heavy atom. The molecule has 0 unspecified atom stereocenters. The molecule has 0 aliphatic heterocycles. The average Bonchev–Trinajstić information content (AvgIpc) is 2.58. The molecule has 7 heteroatoms. The van der Waals surface area contributed by atoms with E-state index in [-0.39, 0.29) is 0 Å². The molecule has 0 aromatic heterocycles. The van der Waals surface area contributed by atoms with Crippen LogP contribution in [0.15, 0.2) is 0 Å². The Kier molecular flexibility index (Phi) is 32.8. The van der Waals surface area contributed by atoms with Gasteiger partial charge in [-0.3, -0.25) is 4.90 Å². The maximum atomic E-state index is 9.89. The van der Waals surface area contributed by atoms with Crippen LogP contribution in [0.4, 0.5) is 4.32 Å². The van der Waals surface area contributed by atoms with Crippen molar-refractivity contribution in [2.24, 2.45) is 0 Å². The lowest BCUT2D eigenvalue weighted by molar-refractivity contribution is -0.366. The van der Waals surface area contributed by atoms with Crippen molar-refractivity contribution < 1.29 is 23.1 Å². The molecule has 0 atom stereocenters. The third-order valence-corrected chi connectivity index (χ3v) is 4.14. The van der Waals surface area contributed by atoms with Gasteiger partial charge in [-0.15, -0.1) is 0 Å². The summed E-state index contributed by atoms with van der Waals surface area (Å²) < 4.78 is 16.0. The zero-order chi connectivity index (χ0) is 22.4. The lowest BCUT2D eigenvalue weighted by Gasteiger charge is -2.28. The first-order valence-electron chi connectivity index (χ1n) is 10.5. The van der Waals surface area contributed by atoms with Crippen molar-refractivity contribution in [3.8, 4) is 0 Å². The second-order valence-electron chi connectivity index (χ2n) is 6.25. The highest BCUT2D eigenvalue weighted by Gasteiger charge is 2.09. The summed E-state index contributed by atoms with van der Waals surface area (Å²) in [6, 6.07) is 1.38. The van der Waals surface area contributed by atoms with E-state index in [0.717, 1.165) is 46.2 Å². The van der Waals surface area contributed by atoms with E-state index in [9.17, 15) is 4.32 Å². The number of nitrogens with zero attached hydrogens (tertiary/aromatic N) is 1. The Morgan fingerprint density at radius 1 is 0.667 bits per heavy atom. The molecule has 0 saturated carbocycles. The van der Waals surface area contributed by atoms with E-state index in [1.807, 2.05) is 0 Å². The van der Waals surface area contributed by atoms with E-state index in [0.29, 0.717) is 12.1 Å². The molecule has 0 aromatic rings. The fourth-order valence-electron chi connectivity index (χ4n) is 2.55. The van der Waals surface area contributed by atoms with Crippen molar-refractivity contribution in [2.75, 3.05) is 46.2 Å². The van der Waals surface area contributed by atoms with Gasteiger partial charge in [0, 0.05) is 53.6 Å². The van der Waals surface area contributed by atoms with Crippen LogP contribution in [0.2, 0.25) is 0 Å². The summed E-state index contributed by atoms with van der Waals surface area (Å²) in [6.07, 6.45) is 0. The highest BCUT2D eigenvalue weighted by molar-refractivity contribution is 6.27. The second-order valence-corrected chi connectivity index (χ2v) is 6.25. The third kappa shape index (κ3) is 30.7. The Morgan fingerprint density at radius 2 is 0.852 bits per heavy atom. The first kappa shape index (κ1) is 34.3. The number of halogens is 1. The standard InChI is InChI=1S/C8H19N.2C6H15O.BFO2/c1-6-9(7(2)3)8(4)5;2*1-4-7(5-2)6-3;2-1(3)4/h7-8H,6H2,1-5H3;2*4-6H2,1-3H3;/q;2*+1;-2. The summed E-state index contributed by atoms with van der Waals surface area (Å²) >= 11 is 0. The molecule has 0 saturated heterocycles. The van der Waals surface area contributed by atoms with E-state index in [2.05, 4.69) is 89.8 Å². The Hall–Kier alpha value is -0.205. The Labute approximate surface area is 170 Å². The van der Waals surface area contributed by atoms with E-state index in [1.165, 1.54) is 0 Å². The molecule has 0 amide bonds. The molecule has 168 valence electrons. The van der Waals surface area contributed by atoms with Crippen LogP contribution >= 0.6 is 0 Å². The van der Waals surface area contributed by atoms with Crippen LogP contribution in [0, 0.1) is 0 Å². The summed E-state index contributed by atoms with van der Waals surface area (Å²) in [6.45, 7) is 31.9. The molecule has 27 heavy (non-hydrogen) atoms. The van der Waals surface area contributed by atoms with Crippen molar-refractivity contribution in [2.45, 2.75) is 88.2 Å². The van der Waals surface area contributed by atoms with Crippen molar-refractivity contribution in [3.05, 3.63) is 0 Å². The monoisotopic (exact) mass is 397 g/mol. The predicted octanol–water partition coefficient (Wildman–Crippen LogP) is 2.98. The molecule has 0 aliphatic carbocycles. The van der Waals surface area contributed by atoms with E-state index < -0.39 is 7.40 Å². The molecule has 0 bridgehead atoms. The number of hydrogen-bond donors (Lipinski definition) is 0. The summed E-state index contributed by atoms with van der Waals surface area (Å²) in [5.74, 6) is 0. The van der Waals surface area contributed by atoms with Gasteiger partial charge in [-0.25, -0.2) is 0 Å². The van der Waals surface area contributed by atoms with Gasteiger partial charge in [-0.1, -0.05) is 6.92 Å². The maximum Gasteiger partial charge on any atom is 0.142 e. The van der Waals surface area contributed by atoms with Gasteiger partial charge in [0.05, 0.1) is 0 Å². The number of rotatable bonds is 9. The van der Waals surface area contributed by atoms with Gasteiger partial charge >= 0.3 is 0 Å². The van der Waals surface area contributed by atoms with Crippen LogP contribution in [0.3, 0.4) is 0 Å². The van der Waals surface area contributed by atoms with Crippen LogP contribution < -0.4 is 10.0 Å². The van der Waals surface area contributed by atoms with Crippen LogP contribution in [-0.2, 0) is 8.73 Å². The van der Waals surface area contributed by atoms with Gasteiger partial charge in [0.1, 0.15) is 47.0 Å². The molecular weight excluding hydrogens is 348 g/mol. The zero-order valence-electron chi connectivity index (χ0n) is 20.1. The summed E-state index contributed by atoms with van der Waals surface area (Å²) in [4.78, 5) is 2.46. The molecule has 5 nitrogen and oxygen atoms in total. The van der Waals surface area contributed by atoms with E-state index >= 15 is 0 Å². The van der Waals surface area contributed by atoms with Gasteiger partial charge < -0.3 is 23.1 Å². The van der Waals surface area contributed by atoms with Gasteiger partial charge in [0.25, 0.3) is 0 Å². The van der Waals surface area contributed by atoms with Gasteiger partial charge in [0.2, 0.25) is 0 Å². The normalized spacial score (nSPS) is 10.3. The minimum Gasteiger partial charge on any atom is -0.867 e. The molecule has 0 aliphatic rings. The molecule has 0 rings (SSSR count). The van der Waals surface area contributed by atoms with Crippen LogP contribution in [0.5, 0.6) is 0 Å². The van der Waals surface area contributed by atoms with Gasteiger partial charge in [0.15, 0.2) is 0 Å². The minimum atomic E-state index is -3.17. The molecule has 0 aromatic carbocycles. The van der Waals surface area contributed by atoms with Crippen LogP contribution in [0.1, 0.15) is 76.2 Å². The predicted molar refractivity (Wildman–Crippen MR) is 115 cm³/mol. The summed E-state index contributed by atoms with van der Waals surface area (Å²) in [5.41, 5.74) is 0. The maximum absolute atomic E-state index is 9.89. The summed E-state index contributed by atoms with van der Waals surface area (Å²) in [5, 5.41) is 16.6. The Bertz CT molecular complexity index is 218. The quantitative estimate of drug-likeness (QED) is 0.444. The van der Waals surface area contributed by atoms with Crippen LogP contribution in [0.25, 0.3) is 0 Å². The fourth-order valence-corrected chi connectivity index (χ4v) is 2.55. The lowest BCUT2D eigenvalue weighted by Crippen LogP contribution is -2.39. The van der Waals surface area contributed by atoms with Crippen molar-refractivity contribution in [1.82, 2.24) is 4.90 Å². The molecular formula is C20H49BFNO4. The SMILES string of the molecule is CCN(C(C)C)C(C)C.CC[O+](CC)CC.CC[O+](CC)CC.[O-]B([O-])F. The second kappa shape index (κ2) is 25.8. The zero-order valence-corrected chi connectivity index (χ0v) is 20.1. The van der Waals surface area contributed by atoms with Crippen LogP contribution in [-0.4, -0.2) is 70.6 Å². The fraction of sp³-hybridized carbons (Fsp3) is 1.00. The van der Waals surface area contributed by atoms with Gasteiger partial charge in [-0.2, -0.15) is 0 Å². The topological polar surface area (TPSA) is 54.8 Å². The minimum absolute atomic E-state index is 0.690. The summed E-state index contributed by atoms with van der Waals surface area (Å²) in [7, 11) is -3.17. The van der Waals surface area contributed by atoms with Gasteiger partial charge in [-0.05, 0) is 34.2 Å². The average molecular weight is 397 g/mol. The largest absolute Gasteiger partial charge is 0.867 e. The first-order chi connectivity index (χ1) is 12.5. The van der Waals surface area contributed by atoms with Crippen molar-refractivity contribution in [3.63, 3.8) is 0 Å². The molecule has 0 heterocycles. The lowest BCUT2D eigenvalue weighted by atomic mass is 10.2. The third-order valence-electron chi connectivity index (χ3n) is 4.14. The Balaban J connectivity index is -0.000000135. The van der Waals surface area contributed by atoms with Crippen molar-refractivity contribution in [1.29, 1.82) is 0 Å². The first-order valence-corrected chi connectivity index (χ1v) is 10.5. The van der Waals surface area contributed by atoms with Crippen molar-refractivity contribution >= 4 is 7.40 Å². The van der Waals surface area contributed by atoms with E-state index in [4.69, 9.17) is 10.0 Å². The van der Waals surface area contributed by atoms with E-state index in [1.54, 1.807) is 0 Å². The highest BCUT2D eigenvalue weighted by atomic mass is 19.1. The molecule has 0 fully saturated rings.